The first-order valence-corrected chi connectivity index (χ1v) is 7.09. The Morgan fingerprint density at radius 1 is 1.26 bits per heavy atom. The van der Waals surface area contributed by atoms with Crippen molar-refractivity contribution in [3.63, 3.8) is 0 Å². The van der Waals surface area contributed by atoms with Gasteiger partial charge in [-0.3, -0.25) is 9.59 Å². The highest BCUT2D eigenvalue weighted by Gasteiger charge is 2.26. The van der Waals surface area contributed by atoms with Gasteiger partial charge in [0.2, 0.25) is 5.91 Å². The lowest BCUT2D eigenvalue weighted by atomic mass is 9.85. The Labute approximate surface area is 133 Å². The van der Waals surface area contributed by atoms with E-state index in [0.717, 1.165) is 12.1 Å². The predicted molar refractivity (Wildman–Crippen MR) is 79.8 cm³/mol. The Kier molecular flexibility index (Phi) is 6.62. The monoisotopic (exact) mass is 329 g/mol. The van der Waals surface area contributed by atoms with Gasteiger partial charge in [0.05, 0.1) is 19.1 Å². The van der Waals surface area contributed by atoms with Gasteiger partial charge < -0.3 is 15.2 Å². The molecule has 0 bridgehead atoms. The first-order valence-electron chi connectivity index (χ1n) is 7.09. The highest BCUT2D eigenvalue weighted by Crippen LogP contribution is 2.25. The fraction of sp³-hybridized carbons (Fsp3) is 0.500. The van der Waals surface area contributed by atoms with Crippen LogP contribution in [-0.2, 0) is 14.3 Å². The summed E-state index contributed by atoms with van der Waals surface area (Å²) in [6, 6.07) is 2.70. The highest BCUT2D eigenvalue weighted by molar-refractivity contribution is 5.78. The predicted octanol–water partition coefficient (Wildman–Crippen LogP) is 2.66. The maximum atomic E-state index is 13.3. The molecule has 5 nitrogen and oxygen atoms in total. The summed E-state index contributed by atoms with van der Waals surface area (Å²) in [4.78, 5) is 22.9. The molecule has 1 amide bonds. The van der Waals surface area contributed by atoms with Gasteiger partial charge in [0, 0.05) is 13.5 Å². The van der Waals surface area contributed by atoms with Gasteiger partial charge in [-0.2, -0.15) is 0 Å². The summed E-state index contributed by atoms with van der Waals surface area (Å²) < 4.78 is 31.3. The Balaban J connectivity index is 2.81. The van der Waals surface area contributed by atoms with Gasteiger partial charge in [0.25, 0.3) is 0 Å². The number of rotatable bonds is 8. The number of nitrogens with one attached hydrogen (secondary N) is 1. The smallest absolute Gasteiger partial charge is 0.303 e. The maximum Gasteiger partial charge on any atom is 0.303 e. The number of hydrogen-bond donors (Lipinski definition) is 2. The van der Waals surface area contributed by atoms with Gasteiger partial charge in [0.15, 0.2) is 11.6 Å². The minimum Gasteiger partial charge on any atom is -0.481 e. The van der Waals surface area contributed by atoms with E-state index in [1.54, 1.807) is 13.8 Å². The van der Waals surface area contributed by atoms with Crippen LogP contribution in [0.3, 0.4) is 0 Å². The van der Waals surface area contributed by atoms with E-state index in [2.05, 4.69) is 5.32 Å². The second kappa shape index (κ2) is 8.01. The van der Waals surface area contributed by atoms with Crippen molar-refractivity contribution in [3.8, 4) is 0 Å². The zero-order valence-electron chi connectivity index (χ0n) is 13.4. The van der Waals surface area contributed by atoms with E-state index in [1.807, 2.05) is 0 Å². The van der Waals surface area contributed by atoms with Crippen LogP contribution in [0.4, 0.5) is 8.78 Å². The molecule has 0 fully saturated rings. The van der Waals surface area contributed by atoms with Crippen LogP contribution in [0.15, 0.2) is 18.2 Å². The molecule has 7 heteroatoms. The first-order chi connectivity index (χ1) is 10.6. The van der Waals surface area contributed by atoms with Crippen molar-refractivity contribution in [2.24, 2.45) is 5.41 Å². The van der Waals surface area contributed by atoms with Crippen molar-refractivity contribution in [1.29, 1.82) is 0 Å². The number of halogens is 2. The van der Waals surface area contributed by atoms with Crippen LogP contribution in [-0.4, -0.2) is 30.7 Å². The minimum absolute atomic E-state index is 0.0107. The molecule has 0 radical (unpaired) electrons. The second-order valence-electron chi connectivity index (χ2n) is 6.16. The van der Waals surface area contributed by atoms with Crippen LogP contribution in [0.2, 0.25) is 0 Å². The number of carbonyl (C=O) groups is 2. The van der Waals surface area contributed by atoms with Crippen molar-refractivity contribution < 1.29 is 28.2 Å². The quantitative estimate of drug-likeness (QED) is 0.769. The normalized spacial score (nSPS) is 12.7. The van der Waals surface area contributed by atoms with Crippen LogP contribution in [0.5, 0.6) is 0 Å². The van der Waals surface area contributed by atoms with Gasteiger partial charge in [-0.15, -0.1) is 0 Å². The molecular formula is C16H21F2NO4. The molecule has 0 saturated heterocycles. The van der Waals surface area contributed by atoms with Crippen LogP contribution in [0, 0.1) is 17.0 Å². The molecule has 0 spiro atoms. The van der Waals surface area contributed by atoms with E-state index in [0.29, 0.717) is 5.56 Å². The number of ether oxygens (including phenoxy) is 1. The van der Waals surface area contributed by atoms with E-state index in [9.17, 15) is 18.4 Å². The van der Waals surface area contributed by atoms with Crippen LogP contribution < -0.4 is 5.32 Å². The van der Waals surface area contributed by atoms with Crippen LogP contribution in [0.25, 0.3) is 0 Å². The van der Waals surface area contributed by atoms with Gasteiger partial charge in [-0.25, -0.2) is 8.78 Å². The van der Waals surface area contributed by atoms with E-state index in [-0.39, 0.29) is 25.4 Å². The van der Waals surface area contributed by atoms with Crippen molar-refractivity contribution in [2.75, 3.05) is 13.7 Å². The lowest BCUT2D eigenvalue weighted by molar-refractivity contribution is -0.139. The number of hydrogen-bond acceptors (Lipinski definition) is 3. The topological polar surface area (TPSA) is 75.6 Å². The number of methoxy groups -OCH3 is 1. The molecule has 0 saturated carbocycles. The molecule has 0 aromatic heterocycles. The second-order valence-corrected chi connectivity index (χ2v) is 6.16. The average Bonchev–Trinajstić information content (AvgIpc) is 2.39. The summed E-state index contributed by atoms with van der Waals surface area (Å²) in [5, 5.41) is 11.5. The Morgan fingerprint density at radius 2 is 1.91 bits per heavy atom. The molecule has 0 heterocycles. The lowest BCUT2D eigenvalue weighted by Gasteiger charge is -2.24. The molecular weight excluding hydrogens is 308 g/mol. The van der Waals surface area contributed by atoms with E-state index in [1.165, 1.54) is 13.2 Å². The summed E-state index contributed by atoms with van der Waals surface area (Å²) >= 11 is 0. The molecule has 128 valence electrons. The van der Waals surface area contributed by atoms with Gasteiger partial charge in [-0.05, 0) is 23.1 Å². The molecule has 1 aromatic rings. The third-order valence-corrected chi connectivity index (χ3v) is 3.28. The fourth-order valence-electron chi connectivity index (χ4n) is 2.27. The fourth-order valence-corrected chi connectivity index (χ4v) is 2.27. The SMILES string of the molecule is COCC(NC(=O)CC(C)(C)CC(=O)O)c1ccc(F)c(F)c1. The standard InChI is InChI=1S/C16H21F2NO4/c1-16(2,8-15(21)22)7-14(20)19-13(9-23-3)10-4-5-11(17)12(18)6-10/h4-6,13H,7-9H2,1-3H3,(H,19,20)(H,21,22). The molecule has 0 aliphatic carbocycles. The third-order valence-electron chi connectivity index (χ3n) is 3.28. The number of benzene rings is 1. The number of carboxylic acid groups (broad SMARTS) is 1. The zero-order valence-corrected chi connectivity index (χ0v) is 13.4. The summed E-state index contributed by atoms with van der Waals surface area (Å²) in [6.45, 7) is 3.42. The van der Waals surface area contributed by atoms with Crippen LogP contribution in [0.1, 0.15) is 38.3 Å². The number of aliphatic carboxylic acids is 1. The third kappa shape index (κ3) is 6.32. The lowest BCUT2D eigenvalue weighted by Crippen LogP contribution is -2.35. The number of carbonyl (C=O) groups excluding carboxylic acids is 1. The van der Waals surface area contributed by atoms with E-state index < -0.39 is 29.1 Å². The molecule has 23 heavy (non-hydrogen) atoms. The Bertz CT molecular complexity index is 575. The minimum atomic E-state index is -1.01. The van der Waals surface area contributed by atoms with Gasteiger partial charge in [-0.1, -0.05) is 19.9 Å². The van der Waals surface area contributed by atoms with Crippen LogP contribution >= 0.6 is 0 Å². The highest BCUT2D eigenvalue weighted by atomic mass is 19.2. The first kappa shape index (κ1) is 19.0. The maximum absolute atomic E-state index is 13.3. The molecule has 0 aliphatic heterocycles. The summed E-state index contributed by atoms with van der Waals surface area (Å²) in [5.41, 5.74) is -0.350. The van der Waals surface area contributed by atoms with E-state index >= 15 is 0 Å². The van der Waals surface area contributed by atoms with Crippen molar-refractivity contribution in [2.45, 2.75) is 32.7 Å². The Hall–Kier alpha value is -2.02. The van der Waals surface area contributed by atoms with Crippen molar-refractivity contribution in [1.82, 2.24) is 5.32 Å². The van der Waals surface area contributed by atoms with E-state index in [4.69, 9.17) is 9.84 Å². The summed E-state index contributed by atoms with van der Waals surface area (Å²) in [5.74, 6) is -3.36. The van der Waals surface area contributed by atoms with Gasteiger partial charge in [0.1, 0.15) is 0 Å². The largest absolute Gasteiger partial charge is 0.481 e. The molecule has 1 atom stereocenters. The molecule has 1 unspecified atom stereocenters. The average molecular weight is 329 g/mol. The number of amides is 1. The zero-order chi connectivity index (χ0) is 17.6. The number of carboxylic acids is 1. The summed E-state index contributed by atoms with van der Waals surface area (Å²) in [7, 11) is 1.42. The molecule has 2 N–H and O–H groups in total. The molecule has 1 aromatic carbocycles. The Morgan fingerprint density at radius 3 is 2.43 bits per heavy atom. The van der Waals surface area contributed by atoms with Crippen molar-refractivity contribution >= 4 is 11.9 Å². The summed E-state index contributed by atoms with van der Waals surface area (Å²) in [6.07, 6.45) is -0.163. The van der Waals surface area contributed by atoms with Crippen molar-refractivity contribution in [3.05, 3.63) is 35.4 Å². The molecule has 0 aliphatic rings. The van der Waals surface area contributed by atoms with Gasteiger partial charge >= 0.3 is 5.97 Å². The molecule has 1 rings (SSSR count).